The van der Waals surface area contributed by atoms with Gasteiger partial charge in [-0.1, -0.05) is 212 Å². The Labute approximate surface area is 367 Å². The third kappa shape index (κ3) is 4.94. The molecule has 1 heterocycles. The number of aromatic nitrogens is 1. The van der Waals surface area contributed by atoms with Gasteiger partial charge in [0.25, 0.3) is 0 Å². The first-order valence-corrected chi connectivity index (χ1v) is 22.0. The van der Waals surface area contributed by atoms with Gasteiger partial charge >= 0.3 is 0 Å². The van der Waals surface area contributed by atoms with Crippen molar-refractivity contribution in [2.75, 3.05) is 0 Å². The van der Waals surface area contributed by atoms with E-state index in [1.807, 2.05) is 0 Å². The molecule has 0 aliphatic heterocycles. The molecule has 294 valence electrons. The molecule has 0 fully saturated rings. The van der Waals surface area contributed by atoms with E-state index < -0.39 is 10.8 Å². The van der Waals surface area contributed by atoms with E-state index in [1.54, 1.807) is 0 Å². The largest absolute Gasteiger partial charge is 0.309 e. The minimum atomic E-state index is -0.476. The van der Waals surface area contributed by atoms with Gasteiger partial charge in [-0.3, -0.25) is 0 Å². The molecule has 63 heavy (non-hydrogen) atoms. The van der Waals surface area contributed by atoms with Crippen LogP contribution < -0.4 is 0 Å². The summed E-state index contributed by atoms with van der Waals surface area (Å²) in [7, 11) is 0. The summed E-state index contributed by atoms with van der Waals surface area (Å²) in [6.45, 7) is 0. The van der Waals surface area contributed by atoms with Gasteiger partial charge in [-0.15, -0.1) is 0 Å². The molecule has 0 amide bonds. The average Bonchev–Trinajstić information content (AvgIpc) is 3.96. The van der Waals surface area contributed by atoms with Crippen LogP contribution in [0.3, 0.4) is 0 Å². The van der Waals surface area contributed by atoms with Crippen LogP contribution in [0.2, 0.25) is 0 Å². The zero-order valence-corrected chi connectivity index (χ0v) is 34.6. The third-order valence-corrected chi connectivity index (χ3v) is 14.2. The standard InChI is InChI=1S/C62H41N/c1-6-20-44(21-7-1)61(45-22-8-2-9-23-45)55-32-18-16-30-49(55)51-36-34-42(38-57(51)61)43-35-37-52-54-40-58-53(41-60(54)63(59(52)39-43)48-28-14-5-15-29-48)50-31-17-19-33-56(50)62(58,46-24-10-3-11-25-46)47-26-12-4-13-27-47/h1-41H. The van der Waals surface area contributed by atoms with Crippen LogP contribution in [0, 0.1) is 0 Å². The first kappa shape index (κ1) is 35.7. The lowest BCUT2D eigenvalue weighted by atomic mass is 9.67. The average molecular weight is 800 g/mol. The van der Waals surface area contributed by atoms with E-state index in [9.17, 15) is 0 Å². The molecular weight excluding hydrogens is 759 g/mol. The van der Waals surface area contributed by atoms with Crippen LogP contribution in [0.4, 0.5) is 0 Å². The summed E-state index contributed by atoms with van der Waals surface area (Å²) >= 11 is 0. The Morgan fingerprint density at radius 2 is 0.651 bits per heavy atom. The summed E-state index contributed by atoms with van der Waals surface area (Å²) in [4.78, 5) is 0. The Balaban J connectivity index is 1.08. The quantitative estimate of drug-likeness (QED) is 0.158. The maximum atomic E-state index is 2.52. The first-order chi connectivity index (χ1) is 31.3. The number of rotatable bonds is 6. The molecule has 10 aromatic carbocycles. The number of hydrogen-bond acceptors (Lipinski definition) is 0. The summed E-state index contributed by atoms with van der Waals surface area (Å²) in [5.41, 5.74) is 20.5. The van der Waals surface area contributed by atoms with E-state index in [0.29, 0.717) is 0 Å². The van der Waals surface area contributed by atoms with Gasteiger partial charge in [-0.2, -0.15) is 0 Å². The summed E-state index contributed by atoms with van der Waals surface area (Å²) in [5.74, 6) is 0. The van der Waals surface area contributed by atoms with E-state index in [0.717, 1.165) is 5.69 Å². The fraction of sp³-hybridized carbons (Fsp3) is 0.0323. The van der Waals surface area contributed by atoms with Gasteiger partial charge in [0.05, 0.1) is 21.9 Å². The van der Waals surface area contributed by atoms with Gasteiger partial charge < -0.3 is 4.57 Å². The molecule has 0 saturated heterocycles. The van der Waals surface area contributed by atoms with Gasteiger partial charge in [-0.05, 0) is 114 Å². The molecule has 0 atom stereocenters. The molecule has 0 bridgehead atoms. The summed E-state index contributed by atoms with van der Waals surface area (Å²) in [6, 6.07) is 92.7. The highest BCUT2D eigenvalue weighted by atomic mass is 15.0. The zero-order valence-electron chi connectivity index (χ0n) is 34.6. The van der Waals surface area contributed by atoms with Crippen LogP contribution in [0.1, 0.15) is 44.5 Å². The molecule has 1 heteroatoms. The summed E-state index contributed by atoms with van der Waals surface area (Å²) < 4.78 is 2.49. The van der Waals surface area contributed by atoms with Crippen LogP contribution in [0.15, 0.2) is 249 Å². The molecule has 13 rings (SSSR count). The fourth-order valence-electron chi connectivity index (χ4n) is 11.6. The number of para-hydroxylation sites is 1. The summed E-state index contributed by atoms with van der Waals surface area (Å²) in [5, 5.41) is 2.49. The van der Waals surface area contributed by atoms with Crippen molar-refractivity contribution in [1.29, 1.82) is 0 Å². The molecule has 1 nitrogen and oxygen atoms in total. The molecule has 2 aliphatic rings. The molecule has 0 radical (unpaired) electrons. The van der Waals surface area contributed by atoms with Gasteiger partial charge in [0, 0.05) is 16.5 Å². The number of nitrogens with zero attached hydrogens (tertiary/aromatic N) is 1. The highest BCUT2D eigenvalue weighted by molar-refractivity contribution is 6.12. The van der Waals surface area contributed by atoms with Gasteiger partial charge in [0.2, 0.25) is 0 Å². The van der Waals surface area contributed by atoms with Gasteiger partial charge in [0.15, 0.2) is 0 Å². The minimum Gasteiger partial charge on any atom is -0.309 e. The predicted molar refractivity (Wildman–Crippen MR) is 261 cm³/mol. The maximum absolute atomic E-state index is 2.52. The van der Waals surface area contributed by atoms with Crippen molar-refractivity contribution in [2.24, 2.45) is 0 Å². The third-order valence-electron chi connectivity index (χ3n) is 14.2. The predicted octanol–water partition coefficient (Wildman–Crippen LogP) is 15.2. The molecule has 0 saturated carbocycles. The number of hydrogen-bond donors (Lipinski definition) is 0. The molecule has 11 aromatic rings. The topological polar surface area (TPSA) is 4.93 Å². The van der Waals surface area contributed by atoms with Crippen molar-refractivity contribution in [3.8, 4) is 39.1 Å². The van der Waals surface area contributed by atoms with Crippen molar-refractivity contribution >= 4 is 21.8 Å². The number of fused-ring (bicyclic) bond motifs is 9. The molecule has 0 unspecified atom stereocenters. The summed E-state index contributed by atoms with van der Waals surface area (Å²) in [6.07, 6.45) is 0. The van der Waals surface area contributed by atoms with Gasteiger partial charge in [0.1, 0.15) is 0 Å². The van der Waals surface area contributed by atoms with E-state index in [4.69, 9.17) is 0 Å². The minimum absolute atomic E-state index is 0.464. The van der Waals surface area contributed by atoms with Crippen molar-refractivity contribution in [1.82, 2.24) is 4.57 Å². The van der Waals surface area contributed by atoms with E-state index in [-0.39, 0.29) is 0 Å². The molecular formula is C62H41N. The smallest absolute Gasteiger partial charge is 0.0713 e. The van der Waals surface area contributed by atoms with Crippen molar-refractivity contribution in [2.45, 2.75) is 10.8 Å². The number of benzene rings is 10. The molecule has 0 spiro atoms. The van der Waals surface area contributed by atoms with Crippen LogP contribution in [-0.2, 0) is 10.8 Å². The van der Waals surface area contributed by atoms with Crippen LogP contribution in [0.5, 0.6) is 0 Å². The molecule has 0 N–H and O–H groups in total. The van der Waals surface area contributed by atoms with Crippen LogP contribution >= 0.6 is 0 Å². The van der Waals surface area contributed by atoms with Crippen molar-refractivity contribution < 1.29 is 0 Å². The van der Waals surface area contributed by atoms with Crippen LogP contribution in [0.25, 0.3) is 60.9 Å². The van der Waals surface area contributed by atoms with Crippen molar-refractivity contribution in [3.63, 3.8) is 0 Å². The lowest BCUT2D eigenvalue weighted by Crippen LogP contribution is -2.28. The Bertz CT molecular complexity index is 3450. The highest BCUT2D eigenvalue weighted by Gasteiger charge is 2.47. The lowest BCUT2D eigenvalue weighted by Gasteiger charge is -2.34. The molecule has 2 aliphatic carbocycles. The first-order valence-electron chi connectivity index (χ1n) is 22.0. The maximum Gasteiger partial charge on any atom is 0.0713 e. The van der Waals surface area contributed by atoms with E-state index >= 15 is 0 Å². The second kappa shape index (κ2) is 13.8. The van der Waals surface area contributed by atoms with E-state index in [2.05, 4.69) is 253 Å². The zero-order chi connectivity index (χ0) is 41.5. The van der Waals surface area contributed by atoms with E-state index in [1.165, 1.54) is 99.7 Å². The Morgan fingerprint density at radius 3 is 1.19 bits per heavy atom. The highest BCUT2D eigenvalue weighted by Crippen LogP contribution is 2.59. The Kier molecular flexibility index (Phi) is 7.80. The van der Waals surface area contributed by atoms with Crippen LogP contribution in [-0.4, -0.2) is 4.57 Å². The SMILES string of the molecule is c1ccc(-n2c3cc(-c4ccc5c(c4)C(c4ccccc4)(c4ccccc4)c4ccccc4-5)ccc3c3cc4c(cc32)-c2ccccc2C4(c2ccccc2)c2ccccc2)cc1. The monoisotopic (exact) mass is 799 g/mol. The molecule has 1 aromatic heterocycles. The van der Waals surface area contributed by atoms with Crippen molar-refractivity contribution in [3.05, 3.63) is 293 Å². The second-order valence-corrected chi connectivity index (χ2v) is 17.1. The second-order valence-electron chi connectivity index (χ2n) is 17.1. The lowest BCUT2D eigenvalue weighted by molar-refractivity contribution is 0.769. The van der Waals surface area contributed by atoms with Gasteiger partial charge in [-0.25, -0.2) is 0 Å². The Hall–Kier alpha value is -8.00. The Morgan fingerprint density at radius 1 is 0.254 bits per heavy atom. The normalized spacial score (nSPS) is 14.0. The fourth-order valence-corrected chi connectivity index (χ4v) is 11.6.